The molecule has 1 aliphatic rings. The molecule has 2 aromatic carbocycles. The van der Waals surface area contributed by atoms with Crippen molar-refractivity contribution in [2.24, 2.45) is 11.5 Å². The van der Waals surface area contributed by atoms with Crippen molar-refractivity contribution in [1.29, 1.82) is 0 Å². The first kappa shape index (κ1) is 17.6. The number of rotatable bonds is 4. The predicted molar refractivity (Wildman–Crippen MR) is 108 cm³/mol. The third-order valence-electron chi connectivity index (χ3n) is 5.32. The van der Waals surface area contributed by atoms with Gasteiger partial charge in [0, 0.05) is 41.5 Å². The minimum atomic E-state index is -0.422. The second-order valence-electron chi connectivity index (χ2n) is 7.30. The third kappa shape index (κ3) is 3.84. The Morgan fingerprint density at radius 3 is 2.70 bits per heavy atom. The molecule has 5 heteroatoms. The fraction of sp³-hybridized carbons (Fsp3) is 0.273. The Hall–Kier alpha value is -2.76. The lowest BCUT2D eigenvalue weighted by atomic mass is 9.97. The van der Waals surface area contributed by atoms with Gasteiger partial charge < -0.3 is 11.5 Å². The second kappa shape index (κ2) is 7.47. The summed E-state index contributed by atoms with van der Waals surface area (Å²) >= 11 is 0. The molecule has 4 rings (SSSR count). The summed E-state index contributed by atoms with van der Waals surface area (Å²) in [7, 11) is 0. The predicted octanol–water partition coefficient (Wildman–Crippen LogP) is 2.92. The van der Waals surface area contributed by atoms with E-state index in [1.165, 1.54) is 5.56 Å². The molecule has 138 valence electrons. The van der Waals surface area contributed by atoms with E-state index in [-0.39, 0.29) is 0 Å². The summed E-state index contributed by atoms with van der Waals surface area (Å²) in [5, 5.41) is 2.22. The number of amides is 1. The maximum Gasteiger partial charge on any atom is 0.248 e. The number of carbonyl (C=O) groups is 1. The van der Waals surface area contributed by atoms with Gasteiger partial charge in [-0.2, -0.15) is 0 Å². The number of hydrogen-bond acceptors (Lipinski definition) is 4. The van der Waals surface area contributed by atoms with E-state index in [1.807, 2.05) is 30.6 Å². The summed E-state index contributed by atoms with van der Waals surface area (Å²) in [6, 6.07) is 14.3. The molecule has 0 saturated carbocycles. The fourth-order valence-corrected chi connectivity index (χ4v) is 3.75. The number of likely N-dealkylation sites (tertiary alicyclic amines) is 1. The van der Waals surface area contributed by atoms with Gasteiger partial charge in [-0.1, -0.05) is 24.3 Å². The van der Waals surface area contributed by atoms with Gasteiger partial charge in [-0.25, -0.2) is 0 Å². The minimum absolute atomic E-state index is 0.341. The van der Waals surface area contributed by atoms with Crippen molar-refractivity contribution in [1.82, 2.24) is 9.88 Å². The van der Waals surface area contributed by atoms with Crippen molar-refractivity contribution >= 4 is 16.7 Å². The molecule has 1 aliphatic heterocycles. The molecule has 3 aromatic rings. The topological polar surface area (TPSA) is 85.2 Å². The molecule has 1 saturated heterocycles. The number of benzene rings is 2. The summed E-state index contributed by atoms with van der Waals surface area (Å²) in [4.78, 5) is 18.4. The average Bonchev–Trinajstić information content (AvgIpc) is 2.69. The van der Waals surface area contributed by atoms with Crippen molar-refractivity contribution in [3.63, 3.8) is 0 Å². The number of carbonyl (C=O) groups excluding carboxylic acids is 1. The molecule has 0 unspecified atom stereocenters. The number of nitrogens with two attached hydrogens (primary N) is 2. The molecule has 1 fully saturated rings. The van der Waals surface area contributed by atoms with E-state index in [0.29, 0.717) is 11.6 Å². The first-order valence-corrected chi connectivity index (χ1v) is 9.35. The Kier molecular flexibility index (Phi) is 4.88. The van der Waals surface area contributed by atoms with Crippen molar-refractivity contribution in [3.05, 3.63) is 66.0 Å². The quantitative estimate of drug-likeness (QED) is 0.749. The number of piperidine rings is 1. The van der Waals surface area contributed by atoms with Gasteiger partial charge in [0.2, 0.25) is 5.91 Å². The van der Waals surface area contributed by atoms with Gasteiger partial charge in [0.15, 0.2) is 0 Å². The Labute approximate surface area is 159 Å². The zero-order valence-corrected chi connectivity index (χ0v) is 15.3. The van der Waals surface area contributed by atoms with Crippen molar-refractivity contribution in [2.75, 3.05) is 13.1 Å². The molecular formula is C22H24N4O. The van der Waals surface area contributed by atoms with Gasteiger partial charge in [-0.15, -0.1) is 0 Å². The van der Waals surface area contributed by atoms with Crippen LogP contribution in [0.1, 0.15) is 28.8 Å². The number of pyridine rings is 1. The van der Waals surface area contributed by atoms with Crippen LogP contribution in [0.25, 0.3) is 21.9 Å². The molecule has 0 spiro atoms. The molecule has 27 heavy (non-hydrogen) atoms. The highest BCUT2D eigenvalue weighted by Crippen LogP contribution is 2.29. The Morgan fingerprint density at radius 2 is 1.93 bits per heavy atom. The summed E-state index contributed by atoms with van der Waals surface area (Å²) in [5.41, 5.74) is 15.2. The summed E-state index contributed by atoms with van der Waals surface area (Å²) in [6.07, 6.45) is 5.85. The highest BCUT2D eigenvalue weighted by molar-refractivity contribution is 5.99. The van der Waals surface area contributed by atoms with Gasteiger partial charge in [0.25, 0.3) is 0 Å². The lowest BCUT2D eigenvalue weighted by molar-refractivity contribution is 0.100. The van der Waals surface area contributed by atoms with Crippen LogP contribution in [0.3, 0.4) is 0 Å². The van der Waals surface area contributed by atoms with Crippen LogP contribution in [-0.4, -0.2) is 34.9 Å². The Balaban J connectivity index is 1.69. The van der Waals surface area contributed by atoms with E-state index >= 15 is 0 Å². The summed E-state index contributed by atoms with van der Waals surface area (Å²) in [6.45, 7) is 3.01. The molecule has 1 aromatic heterocycles. The van der Waals surface area contributed by atoms with E-state index < -0.39 is 5.91 Å². The molecule has 0 radical (unpaired) electrons. The van der Waals surface area contributed by atoms with Gasteiger partial charge in [0.05, 0.1) is 0 Å². The highest BCUT2D eigenvalue weighted by Gasteiger charge is 2.16. The van der Waals surface area contributed by atoms with Crippen LogP contribution in [0.4, 0.5) is 0 Å². The normalized spacial score (nSPS) is 15.9. The maximum absolute atomic E-state index is 11.5. The molecule has 0 atom stereocenters. The smallest absolute Gasteiger partial charge is 0.248 e. The SMILES string of the molecule is NC(=O)c1cccc(-c2cncc3ccc(CN4CCC(N)CC4)cc23)c1. The van der Waals surface area contributed by atoms with Gasteiger partial charge in [-0.05, 0) is 60.6 Å². The molecule has 1 amide bonds. The van der Waals surface area contributed by atoms with Crippen molar-refractivity contribution in [3.8, 4) is 11.1 Å². The zero-order valence-electron chi connectivity index (χ0n) is 15.3. The summed E-state index contributed by atoms with van der Waals surface area (Å²) in [5.74, 6) is -0.422. The Morgan fingerprint density at radius 1 is 1.11 bits per heavy atom. The third-order valence-corrected chi connectivity index (χ3v) is 5.32. The first-order chi connectivity index (χ1) is 13.1. The van der Waals surface area contributed by atoms with Gasteiger partial charge in [0.1, 0.15) is 0 Å². The van der Waals surface area contributed by atoms with Gasteiger partial charge in [-0.3, -0.25) is 14.7 Å². The lowest BCUT2D eigenvalue weighted by Gasteiger charge is -2.30. The average molecular weight is 360 g/mol. The van der Waals surface area contributed by atoms with Crippen LogP contribution in [-0.2, 0) is 6.54 Å². The zero-order chi connectivity index (χ0) is 18.8. The number of aromatic nitrogens is 1. The number of hydrogen-bond donors (Lipinski definition) is 2. The second-order valence-corrected chi connectivity index (χ2v) is 7.30. The number of fused-ring (bicyclic) bond motifs is 1. The lowest BCUT2D eigenvalue weighted by Crippen LogP contribution is -2.39. The molecule has 2 heterocycles. The number of primary amides is 1. The molecule has 4 N–H and O–H groups in total. The van der Waals surface area contributed by atoms with Crippen LogP contribution in [0.2, 0.25) is 0 Å². The minimum Gasteiger partial charge on any atom is -0.366 e. The first-order valence-electron chi connectivity index (χ1n) is 9.35. The molecular weight excluding hydrogens is 336 g/mol. The van der Waals surface area contributed by atoms with E-state index in [4.69, 9.17) is 11.5 Å². The standard InChI is InChI=1S/C22H24N4O/c23-19-6-8-26(9-7-19)14-15-4-5-18-12-25-13-21(20(18)10-15)16-2-1-3-17(11-16)22(24)27/h1-5,10-13,19H,6-9,14,23H2,(H2,24,27). The van der Waals surface area contributed by atoms with E-state index in [9.17, 15) is 4.79 Å². The van der Waals surface area contributed by atoms with Crippen LogP contribution >= 0.6 is 0 Å². The highest BCUT2D eigenvalue weighted by atomic mass is 16.1. The van der Waals surface area contributed by atoms with Crippen LogP contribution in [0.5, 0.6) is 0 Å². The van der Waals surface area contributed by atoms with E-state index in [1.54, 1.807) is 6.07 Å². The van der Waals surface area contributed by atoms with Crippen LogP contribution in [0, 0.1) is 0 Å². The van der Waals surface area contributed by atoms with Crippen LogP contribution < -0.4 is 11.5 Å². The maximum atomic E-state index is 11.5. The fourth-order valence-electron chi connectivity index (χ4n) is 3.75. The monoisotopic (exact) mass is 360 g/mol. The van der Waals surface area contributed by atoms with Crippen molar-refractivity contribution in [2.45, 2.75) is 25.4 Å². The van der Waals surface area contributed by atoms with Crippen LogP contribution in [0.15, 0.2) is 54.9 Å². The Bertz CT molecular complexity index is 977. The number of nitrogens with zero attached hydrogens (tertiary/aromatic N) is 2. The largest absolute Gasteiger partial charge is 0.366 e. The molecule has 5 nitrogen and oxygen atoms in total. The summed E-state index contributed by atoms with van der Waals surface area (Å²) < 4.78 is 0. The van der Waals surface area contributed by atoms with E-state index in [0.717, 1.165) is 54.4 Å². The van der Waals surface area contributed by atoms with Gasteiger partial charge >= 0.3 is 0 Å². The van der Waals surface area contributed by atoms with Crippen molar-refractivity contribution < 1.29 is 4.79 Å². The van der Waals surface area contributed by atoms with E-state index in [2.05, 4.69) is 28.1 Å². The molecule has 0 bridgehead atoms. The molecule has 0 aliphatic carbocycles.